The average molecular weight is 1190 g/mol. The maximum Gasteiger partial charge on any atom is 0.416 e. The van der Waals surface area contributed by atoms with E-state index in [1.165, 1.54) is 12.1 Å². The SMILES string of the molecule is [C-]#[N+]c1cccc(-c2c(-n3c4cc(-c5ccnc(-c6ccccc6)c5)ccc4c4ccc(-c5ccnc(-c6ccccc6)c5)cc43)cc(C(F)(F)F)cc2-n2c3cc(-c4ccnc(-c5ccccc5)c4)ccc3c3ccc(-c4ccnc(-c5ccccc5)c4)cc32)c1. The van der Waals surface area contributed by atoms with E-state index in [0.717, 1.165) is 111 Å². The highest BCUT2D eigenvalue weighted by Crippen LogP contribution is 2.48. The van der Waals surface area contributed by atoms with E-state index < -0.39 is 11.7 Å². The summed E-state index contributed by atoms with van der Waals surface area (Å²) >= 11 is 0. The summed E-state index contributed by atoms with van der Waals surface area (Å²) in [6.45, 7) is 8.39. The molecule has 0 unspecified atom stereocenters. The number of halogens is 3. The second-order valence-corrected chi connectivity index (χ2v) is 22.8. The van der Waals surface area contributed by atoms with Crippen LogP contribution in [0.1, 0.15) is 5.56 Å². The third-order valence-corrected chi connectivity index (χ3v) is 17.4. The smallest absolute Gasteiger partial charge is 0.308 e. The van der Waals surface area contributed by atoms with Crippen LogP contribution in [0.4, 0.5) is 18.9 Å². The Labute approximate surface area is 527 Å². The second kappa shape index (κ2) is 22.7. The first-order valence-corrected chi connectivity index (χ1v) is 30.2. The molecule has 0 atom stereocenters. The fraction of sp³-hybridized carbons (Fsp3) is 0.0122. The summed E-state index contributed by atoms with van der Waals surface area (Å²) in [4.78, 5) is 23.0. The lowest BCUT2D eigenvalue weighted by molar-refractivity contribution is -0.137. The summed E-state index contributed by atoms with van der Waals surface area (Å²) in [7, 11) is 0. The Kier molecular flexibility index (Phi) is 13.6. The molecule has 0 N–H and O–H groups in total. The molecule has 6 aromatic heterocycles. The zero-order valence-corrected chi connectivity index (χ0v) is 49.1. The van der Waals surface area contributed by atoms with Crippen molar-refractivity contribution in [2.24, 2.45) is 0 Å². The molecule has 0 amide bonds. The van der Waals surface area contributed by atoms with Gasteiger partial charge in [-0.1, -0.05) is 188 Å². The molecule has 6 heterocycles. The van der Waals surface area contributed by atoms with Crippen molar-refractivity contribution in [1.82, 2.24) is 29.1 Å². The molecule has 0 spiro atoms. The maximum atomic E-state index is 16.7. The minimum absolute atomic E-state index is 0.260. The van der Waals surface area contributed by atoms with Gasteiger partial charge in [-0.25, -0.2) is 4.85 Å². The first kappa shape index (κ1) is 55.0. The van der Waals surface area contributed by atoms with Gasteiger partial charge >= 0.3 is 6.18 Å². The fourth-order valence-corrected chi connectivity index (χ4v) is 12.9. The topological polar surface area (TPSA) is 65.8 Å². The van der Waals surface area contributed by atoms with Crippen LogP contribution in [-0.2, 0) is 6.18 Å². The van der Waals surface area contributed by atoms with Crippen molar-refractivity contribution >= 4 is 49.3 Å². The molecule has 434 valence electrons. The van der Waals surface area contributed by atoms with Gasteiger partial charge in [0.2, 0.25) is 0 Å². The van der Waals surface area contributed by atoms with E-state index in [1.807, 2.05) is 185 Å². The number of fused-ring (bicyclic) bond motifs is 6. The Morgan fingerprint density at radius 2 is 0.576 bits per heavy atom. The monoisotopic (exact) mass is 1190 g/mol. The molecular weight excluding hydrogens is 1140 g/mol. The van der Waals surface area contributed by atoms with Crippen LogP contribution in [0, 0.1) is 6.57 Å². The van der Waals surface area contributed by atoms with Gasteiger partial charge in [0.15, 0.2) is 5.69 Å². The van der Waals surface area contributed by atoms with Gasteiger partial charge in [0.05, 0.1) is 68.4 Å². The minimum Gasteiger partial charge on any atom is -0.308 e. The third kappa shape index (κ3) is 10.0. The molecule has 0 aliphatic rings. The molecular formula is C82H50F3N7. The van der Waals surface area contributed by atoms with Crippen LogP contribution >= 0.6 is 0 Å². The summed E-state index contributed by atoms with van der Waals surface area (Å²) in [5.74, 6) is 0. The van der Waals surface area contributed by atoms with Crippen molar-refractivity contribution in [3.63, 3.8) is 0 Å². The van der Waals surface area contributed by atoms with E-state index in [1.54, 1.807) is 43.0 Å². The molecule has 92 heavy (non-hydrogen) atoms. The molecule has 0 aliphatic carbocycles. The predicted octanol–water partition coefficient (Wildman–Crippen LogP) is 22.0. The normalized spacial score (nSPS) is 11.6. The van der Waals surface area contributed by atoms with Crippen molar-refractivity contribution in [2.75, 3.05) is 0 Å². The molecule has 0 fully saturated rings. The van der Waals surface area contributed by atoms with Gasteiger partial charge < -0.3 is 9.13 Å². The van der Waals surface area contributed by atoms with Crippen molar-refractivity contribution < 1.29 is 13.2 Å². The van der Waals surface area contributed by atoms with Crippen LogP contribution in [0.3, 0.4) is 0 Å². The molecule has 0 saturated heterocycles. The van der Waals surface area contributed by atoms with Crippen LogP contribution in [0.25, 0.3) is 160 Å². The number of rotatable bonds is 11. The number of aromatic nitrogens is 6. The zero-order valence-electron chi connectivity index (χ0n) is 49.1. The van der Waals surface area contributed by atoms with E-state index in [9.17, 15) is 0 Å². The Hall–Kier alpha value is -12.3. The molecule has 16 aromatic rings. The summed E-state index contributed by atoms with van der Waals surface area (Å²) < 4.78 is 54.1. The summed E-state index contributed by atoms with van der Waals surface area (Å²) in [6, 6.07) is 90.6. The second-order valence-electron chi connectivity index (χ2n) is 22.8. The van der Waals surface area contributed by atoms with Crippen LogP contribution in [0.15, 0.2) is 304 Å². The highest BCUT2D eigenvalue weighted by Gasteiger charge is 2.35. The number of benzene rings is 10. The van der Waals surface area contributed by atoms with Crippen molar-refractivity contribution in [3.05, 3.63) is 321 Å². The number of alkyl halides is 3. The van der Waals surface area contributed by atoms with Crippen molar-refractivity contribution in [2.45, 2.75) is 6.18 Å². The van der Waals surface area contributed by atoms with Crippen LogP contribution in [-0.4, -0.2) is 29.1 Å². The standard InChI is InChI=1S/C82H50F3N7/c1-86-66-24-14-23-64(41-66)81-79(91-75-46-56(60-33-37-87-71(42-60)52-15-6-2-7-16-52)25-29-67(75)68-30-26-57(47-76(68)91)61-34-38-88-72(43-61)53-17-8-3-9-18-53)50-65(82(83,84)85)51-80(81)92-77-48-58(62-35-39-89-73(44-62)54-19-10-4-11-20-54)27-31-69(77)70-32-28-59(49-78(70)92)63-36-40-90-74(45-63)55-21-12-5-13-22-55/h2-51H. The van der Waals surface area contributed by atoms with Crippen LogP contribution in [0.5, 0.6) is 0 Å². The molecule has 7 nitrogen and oxygen atoms in total. The van der Waals surface area contributed by atoms with Crippen molar-refractivity contribution in [3.8, 4) is 112 Å². The van der Waals surface area contributed by atoms with Gasteiger partial charge in [0.25, 0.3) is 0 Å². The highest BCUT2D eigenvalue weighted by atomic mass is 19.4. The zero-order chi connectivity index (χ0) is 61.9. The van der Waals surface area contributed by atoms with Gasteiger partial charge in [0, 0.05) is 74.1 Å². The molecule has 0 bridgehead atoms. The maximum absolute atomic E-state index is 16.7. The van der Waals surface area contributed by atoms with Crippen LogP contribution in [0.2, 0.25) is 0 Å². The number of nitrogens with zero attached hydrogens (tertiary/aromatic N) is 7. The van der Waals surface area contributed by atoms with E-state index in [0.29, 0.717) is 38.9 Å². The lowest BCUT2D eigenvalue weighted by atomic mass is 9.96. The molecule has 16 rings (SSSR count). The van der Waals surface area contributed by atoms with E-state index >= 15 is 13.2 Å². The molecule has 0 saturated carbocycles. The average Bonchev–Trinajstić information content (AvgIpc) is 1.48. The first-order chi connectivity index (χ1) is 45.2. The minimum atomic E-state index is -4.85. The summed E-state index contributed by atoms with van der Waals surface area (Å²) in [6.07, 6.45) is 2.32. The van der Waals surface area contributed by atoms with Gasteiger partial charge in [-0.05, 0) is 141 Å². The van der Waals surface area contributed by atoms with Gasteiger partial charge in [-0.3, -0.25) is 19.9 Å². The largest absolute Gasteiger partial charge is 0.416 e. The molecule has 0 radical (unpaired) electrons. The lowest BCUT2D eigenvalue weighted by Gasteiger charge is -2.23. The third-order valence-electron chi connectivity index (χ3n) is 17.4. The lowest BCUT2D eigenvalue weighted by Crippen LogP contribution is -2.11. The van der Waals surface area contributed by atoms with E-state index in [4.69, 9.17) is 26.5 Å². The number of hydrogen-bond acceptors (Lipinski definition) is 4. The van der Waals surface area contributed by atoms with Crippen LogP contribution < -0.4 is 0 Å². The Morgan fingerprint density at radius 1 is 0.283 bits per heavy atom. The Balaban J connectivity index is 1.02. The van der Waals surface area contributed by atoms with E-state index in [-0.39, 0.29) is 11.4 Å². The van der Waals surface area contributed by atoms with Gasteiger partial charge in [0.1, 0.15) is 0 Å². The Bertz CT molecular complexity index is 4990. The molecule has 10 heteroatoms. The molecule has 10 aromatic carbocycles. The summed E-state index contributed by atoms with van der Waals surface area (Å²) in [5, 5.41) is 3.33. The van der Waals surface area contributed by atoms with Gasteiger partial charge in [-0.15, -0.1) is 0 Å². The quantitative estimate of drug-likeness (QED) is 0.121. The summed E-state index contributed by atoms with van der Waals surface area (Å²) in [5.41, 5.74) is 17.5. The Morgan fingerprint density at radius 3 is 0.870 bits per heavy atom. The first-order valence-electron chi connectivity index (χ1n) is 30.2. The number of pyridine rings is 4. The molecule has 0 aliphatic heterocycles. The van der Waals surface area contributed by atoms with Gasteiger partial charge in [-0.2, -0.15) is 13.2 Å². The van der Waals surface area contributed by atoms with E-state index in [2.05, 4.69) is 77.6 Å². The predicted molar refractivity (Wildman–Crippen MR) is 366 cm³/mol. The number of hydrogen-bond donors (Lipinski definition) is 0. The fourth-order valence-electron chi connectivity index (χ4n) is 12.9. The van der Waals surface area contributed by atoms with Crippen molar-refractivity contribution in [1.29, 1.82) is 0 Å². The highest BCUT2D eigenvalue weighted by molar-refractivity contribution is 6.14.